The molecule has 0 spiro atoms. The molecule has 1 N–H and O–H groups in total. The van der Waals surface area contributed by atoms with Gasteiger partial charge in [0.2, 0.25) is 5.91 Å². The molecular weight excluding hydrogens is 328 g/mol. The first-order chi connectivity index (χ1) is 12.7. The molecule has 0 aliphatic carbocycles. The second kappa shape index (κ2) is 8.29. The third-order valence-corrected chi connectivity index (χ3v) is 4.18. The van der Waals surface area contributed by atoms with Crippen LogP contribution in [-0.4, -0.2) is 27.8 Å². The van der Waals surface area contributed by atoms with E-state index in [-0.39, 0.29) is 11.9 Å². The molecule has 1 amide bonds. The van der Waals surface area contributed by atoms with Gasteiger partial charge in [-0.15, -0.1) is 0 Å². The number of ether oxygens (including phenoxy) is 1. The zero-order chi connectivity index (χ0) is 18.4. The molecule has 0 bridgehead atoms. The Kier molecular flexibility index (Phi) is 5.63. The molecule has 0 radical (unpaired) electrons. The Balaban J connectivity index is 1.61. The summed E-state index contributed by atoms with van der Waals surface area (Å²) in [5.41, 5.74) is 2.85. The van der Waals surface area contributed by atoms with Gasteiger partial charge in [0, 0.05) is 30.6 Å². The zero-order valence-electron chi connectivity index (χ0n) is 14.9. The lowest BCUT2D eigenvalue weighted by Gasteiger charge is -2.12. The van der Waals surface area contributed by atoms with Crippen LogP contribution in [0.5, 0.6) is 5.75 Å². The first kappa shape index (κ1) is 17.7. The molecule has 0 saturated carbocycles. The molecular formula is C20H22N4O2. The minimum atomic E-state index is -0.125. The van der Waals surface area contributed by atoms with Crippen LogP contribution in [0.15, 0.2) is 61.2 Å². The molecule has 0 saturated heterocycles. The van der Waals surface area contributed by atoms with Gasteiger partial charge in [-0.1, -0.05) is 18.2 Å². The van der Waals surface area contributed by atoms with Crippen molar-refractivity contribution in [3.05, 3.63) is 72.3 Å². The van der Waals surface area contributed by atoms with E-state index in [0.717, 1.165) is 22.6 Å². The number of rotatable bonds is 7. The molecule has 0 unspecified atom stereocenters. The largest absolute Gasteiger partial charge is 0.494 e. The predicted octanol–water partition coefficient (Wildman–Crippen LogP) is 3.09. The van der Waals surface area contributed by atoms with Gasteiger partial charge in [-0.2, -0.15) is 5.10 Å². The number of amides is 1. The number of benzene rings is 1. The van der Waals surface area contributed by atoms with Crippen molar-refractivity contribution in [2.45, 2.75) is 25.8 Å². The van der Waals surface area contributed by atoms with Gasteiger partial charge in [0.05, 0.1) is 19.3 Å². The van der Waals surface area contributed by atoms with Crippen LogP contribution in [0.1, 0.15) is 30.5 Å². The van der Waals surface area contributed by atoms with Gasteiger partial charge >= 0.3 is 0 Å². The van der Waals surface area contributed by atoms with Crippen LogP contribution in [0, 0.1) is 0 Å². The van der Waals surface area contributed by atoms with Gasteiger partial charge in [-0.3, -0.25) is 9.78 Å². The molecule has 3 rings (SSSR count). The average molecular weight is 350 g/mol. The van der Waals surface area contributed by atoms with Crippen molar-refractivity contribution in [1.82, 2.24) is 20.1 Å². The van der Waals surface area contributed by atoms with Crippen molar-refractivity contribution < 1.29 is 9.53 Å². The molecule has 134 valence electrons. The van der Waals surface area contributed by atoms with Crippen molar-refractivity contribution in [1.29, 1.82) is 0 Å². The Morgan fingerprint density at radius 2 is 2.08 bits per heavy atom. The fraction of sp³-hybridized carbons (Fsp3) is 0.250. The maximum atomic E-state index is 12.2. The highest BCUT2D eigenvalue weighted by atomic mass is 16.5. The quantitative estimate of drug-likeness (QED) is 0.711. The fourth-order valence-corrected chi connectivity index (χ4v) is 2.71. The van der Waals surface area contributed by atoms with Gasteiger partial charge < -0.3 is 10.1 Å². The van der Waals surface area contributed by atoms with Gasteiger partial charge in [0.1, 0.15) is 11.4 Å². The molecule has 2 heterocycles. The Morgan fingerprint density at radius 1 is 1.23 bits per heavy atom. The summed E-state index contributed by atoms with van der Waals surface area (Å²) < 4.78 is 7.13. The highest BCUT2D eigenvalue weighted by molar-refractivity contribution is 5.76. The molecule has 2 aromatic heterocycles. The summed E-state index contributed by atoms with van der Waals surface area (Å²) in [5, 5.41) is 7.41. The minimum Gasteiger partial charge on any atom is -0.494 e. The van der Waals surface area contributed by atoms with Crippen LogP contribution in [0.3, 0.4) is 0 Å². The zero-order valence-corrected chi connectivity index (χ0v) is 14.9. The van der Waals surface area contributed by atoms with Crippen LogP contribution >= 0.6 is 0 Å². The molecule has 0 fully saturated rings. The lowest BCUT2D eigenvalue weighted by atomic mass is 10.1. The lowest BCUT2D eigenvalue weighted by Crippen LogP contribution is -2.26. The Labute approximate surface area is 152 Å². The molecule has 0 aliphatic heterocycles. The van der Waals surface area contributed by atoms with Crippen molar-refractivity contribution in [2.75, 3.05) is 7.11 Å². The first-order valence-electron chi connectivity index (χ1n) is 8.53. The van der Waals surface area contributed by atoms with Gasteiger partial charge in [0.15, 0.2) is 0 Å². The lowest BCUT2D eigenvalue weighted by molar-refractivity contribution is -0.121. The second-order valence-corrected chi connectivity index (χ2v) is 6.04. The maximum absolute atomic E-state index is 12.2. The van der Waals surface area contributed by atoms with E-state index in [0.29, 0.717) is 12.8 Å². The highest BCUT2D eigenvalue weighted by Gasteiger charge is 2.13. The molecule has 3 aromatic rings. The van der Waals surface area contributed by atoms with Gasteiger partial charge in [0.25, 0.3) is 0 Å². The van der Waals surface area contributed by atoms with Crippen LogP contribution in [-0.2, 0) is 11.2 Å². The minimum absolute atomic E-state index is 0.00592. The topological polar surface area (TPSA) is 69.0 Å². The van der Waals surface area contributed by atoms with E-state index < -0.39 is 0 Å². The normalized spacial score (nSPS) is 11.8. The number of para-hydroxylation sites is 2. The van der Waals surface area contributed by atoms with Crippen molar-refractivity contribution >= 4 is 5.91 Å². The van der Waals surface area contributed by atoms with Crippen LogP contribution in [0.25, 0.3) is 5.69 Å². The predicted molar refractivity (Wildman–Crippen MR) is 99.2 cm³/mol. The SMILES string of the molecule is COc1ccccc1-n1cc([C@H](C)NC(=O)CCc2cccnc2)cn1. The van der Waals surface area contributed by atoms with E-state index in [4.69, 9.17) is 4.74 Å². The van der Waals surface area contributed by atoms with E-state index in [9.17, 15) is 4.79 Å². The summed E-state index contributed by atoms with van der Waals surface area (Å²) in [6.45, 7) is 1.95. The van der Waals surface area contributed by atoms with E-state index in [1.54, 1.807) is 30.4 Å². The van der Waals surface area contributed by atoms with Gasteiger partial charge in [-0.25, -0.2) is 4.68 Å². The first-order valence-corrected chi connectivity index (χ1v) is 8.53. The number of hydrogen-bond donors (Lipinski definition) is 1. The number of nitrogens with zero attached hydrogens (tertiary/aromatic N) is 3. The van der Waals surface area contributed by atoms with Crippen molar-refractivity contribution in [3.8, 4) is 11.4 Å². The van der Waals surface area contributed by atoms with Crippen LogP contribution in [0.4, 0.5) is 0 Å². The number of carbonyl (C=O) groups is 1. The average Bonchev–Trinajstić information content (AvgIpc) is 3.17. The summed E-state index contributed by atoms with van der Waals surface area (Å²) in [6, 6.07) is 11.4. The summed E-state index contributed by atoms with van der Waals surface area (Å²) in [7, 11) is 1.63. The third kappa shape index (κ3) is 4.27. The van der Waals surface area contributed by atoms with Crippen molar-refractivity contribution in [3.63, 3.8) is 0 Å². The smallest absolute Gasteiger partial charge is 0.220 e. The molecule has 1 aromatic carbocycles. The molecule has 26 heavy (non-hydrogen) atoms. The van der Waals surface area contributed by atoms with E-state index in [1.165, 1.54) is 0 Å². The molecule has 6 heteroatoms. The number of aromatic nitrogens is 3. The fourth-order valence-electron chi connectivity index (χ4n) is 2.71. The number of carbonyl (C=O) groups excluding carboxylic acids is 1. The van der Waals surface area contributed by atoms with Crippen LogP contribution in [0.2, 0.25) is 0 Å². The standard InChI is InChI=1S/C20H22N4O2/c1-15(23-20(25)10-9-16-6-5-11-21-12-16)17-13-22-24(14-17)18-7-3-4-8-19(18)26-2/h3-8,11-15H,9-10H2,1-2H3,(H,23,25)/t15-/m0/s1. The van der Waals surface area contributed by atoms with E-state index in [2.05, 4.69) is 15.4 Å². The molecule has 6 nitrogen and oxygen atoms in total. The summed E-state index contributed by atoms with van der Waals surface area (Å²) >= 11 is 0. The number of hydrogen-bond acceptors (Lipinski definition) is 4. The number of methoxy groups -OCH3 is 1. The van der Waals surface area contributed by atoms with Crippen LogP contribution < -0.4 is 10.1 Å². The summed E-state index contributed by atoms with van der Waals surface area (Å²) in [5.74, 6) is 0.752. The highest BCUT2D eigenvalue weighted by Crippen LogP contribution is 2.23. The molecule has 0 aliphatic rings. The third-order valence-electron chi connectivity index (χ3n) is 4.18. The van der Waals surface area contributed by atoms with E-state index >= 15 is 0 Å². The summed E-state index contributed by atoms with van der Waals surface area (Å²) in [4.78, 5) is 16.3. The molecule has 1 atom stereocenters. The maximum Gasteiger partial charge on any atom is 0.220 e. The summed E-state index contributed by atoms with van der Waals surface area (Å²) in [6.07, 6.45) is 8.28. The monoisotopic (exact) mass is 350 g/mol. The Bertz CT molecular complexity index is 861. The number of nitrogens with one attached hydrogen (secondary N) is 1. The number of aryl methyl sites for hydroxylation is 1. The van der Waals surface area contributed by atoms with Gasteiger partial charge in [-0.05, 0) is 37.1 Å². The van der Waals surface area contributed by atoms with E-state index in [1.807, 2.05) is 49.5 Å². The van der Waals surface area contributed by atoms with Crippen molar-refractivity contribution in [2.24, 2.45) is 0 Å². The second-order valence-electron chi connectivity index (χ2n) is 6.04. The Morgan fingerprint density at radius 3 is 2.85 bits per heavy atom. The Hall–Kier alpha value is -3.15. The number of pyridine rings is 1.